The van der Waals surface area contributed by atoms with Gasteiger partial charge >= 0.3 is 5.97 Å². The number of rotatable bonds is 6. The van der Waals surface area contributed by atoms with Crippen LogP contribution >= 0.6 is 11.6 Å². The highest BCUT2D eigenvalue weighted by molar-refractivity contribution is 6.31. The molecule has 0 saturated heterocycles. The summed E-state index contributed by atoms with van der Waals surface area (Å²) in [4.78, 5) is 24.4. The lowest BCUT2D eigenvalue weighted by Gasteiger charge is -2.12. The molecule has 3 rings (SSSR count). The molecule has 9 heteroatoms. The monoisotopic (exact) mass is 402 g/mol. The maximum atomic E-state index is 12.2. The topological polar surface area (TPSA) is 95.3 Å². The zero-order valence-electron chi connectivity index (χ0n) is 15.7. The number of ether oxygens (including phenoxy) is 2. The van der Waals surface area contributed by atoms with E-state index in [-0.39, 0.29) is 0 Å². The average Bonchev–Trinajstić information content (AvgIpc) is 3.11. The average molecular weight is 403 g/mol. The molecule has 28 heavy (non-hydrogen) atoms. The van der Waals surface area contributed by atoms with Crippen LogP contribution in [0.2, 0.25) is 5.02 Å². The minimum atomic E-state index is -0.623. The van der Waals surface area contributed by atoms with E-state index in [1.54, 1.807) is 35.0 Å². The minimum Gasteiger partial charge on any atom is -0.495 e. The first kappa shape index (κ1) is 19.6. The molecule has 0 aliphatic carbocycles. The number of carbonyl (C=O) groups is 2. The molecule has 0 aliphatic heterocycles. The molecule has 8 nitrogen and oxygen atoms in total. The Labute approximate surface area is 166 Å². The fourth-order valence-electron chi connectivity index (χ4n) is 2.66. The van der Waals surface area contributed by atoms with Gasteiger partial charge in [-0.25, -0.2) is 9.48 Å². The van der Waals surface area contributed by atoms with E-state index in [9.17, 15) is 9.59 Å². The zero-order valence-corrected chi connectivity index (χ0v) is 16.4. The van der Waals surface area contributed by atoms with E-state index in [1.807, 2.05) is 13.8 Å². The van der Waals surface area contributed by atoms with Crippen LogP contribution in [-0.2, 0) is 16.1 Å². The standard InChI is InChI=1S/C19H19ClN4O4/c1-4-24-16-6-5-12(8-14(16)22-23-24)19(26)28-10-18(25)21-15-7-11(2)13(20)9-17(15)27-3/h5-9H,4,10H2,1-3H3,(H,21,25). The fraction of sp³-hybridized carbons (Fsp3) is 0.263. The summed E-state index contributed by atoms with van der Waals surface area (Å²) in [5.41, 5.74) is 2.93. The molecule has 1 aromatic heterocycles. The van der Waals surface area contributed by atoms with Crippen LogP contribution in [0.3, 0.4) is 0 Å². The van der Waals surface area contributed by atoms with Crippen molar-refractivity contribution in [1.29, 1.82) is 0 Å². The van der Waals surface area contributed by atoms with Gasteiger partial charge in [-0.2, -0.15) is 0 Å². The number of nitrogens with one attached hydrogen (secondary N) is 1. The Morgan fingerprint density at radius 1 is 1.25 bits per heavy atom. The maximum absolute atomic E-state index is 12.2. The molecule has 0 spiro atoms. The van der Waals surface area contributed by atoms with Crippen molar-refractivity contribution in [2.24, 2.45) is 0 Å². The molecule has 0 aliphatic rings. The number of aryl methyl sites for hydroxylation is 2. The van der Waals surface area contributed by atoms with Gasteiger partial charge in [0.05, 0.1) is 23.9 Å². The zero-order chi connectivity index (χ0) is 20.3. The van der Waals surface area contributed by atoms with E-state index in [4.69, 9.17) is 21.1 Å². The van der Waals surface area contributed by atoms with Crippen LogP contribution in [0.25, 0.3) is 11.0 Å². The van der Waals surface area contributed by atoms with Gasteiger partial charge in [0.2, 0.25) is 0 Å². The smallest absolute Gasteiger partial charge is 0.338 e. The number of fused-ring (bicyclic) bond motifs is 1. The van der Waals surface area contributed by atoms with Gasteiger partial charge in [-0.1, -0.05) is 16.8 Å². The van der Waals surface area contributed by atoms with Crippen molar-refractivity contribution in [3.05, 3.63) is 46.5 Å². The largest absolute Gasteiger partial charge is 0.495 e. The summed E-state index contributed by atoms with van der Waals surface area (Å²) < 4.78 is 12.0. The van der Waals surface area contributed by atoms with Gasteiger partial charge in [0.25, 0.3) is 5.91 Å². The quantitative estimate of drug-likeness (QED) is 0.636. The van der Waals surface area contributed by atoms with Crippen molar-refractivity contribution < 1.29 is 19.1 Å². The van der Waals surface area contributed by atoms with E-state index in [0.29, 0.717) is 34.1 Å². The van der Waals surface area contributed by atoms with E-state index < -0.39 is 18.5 Å². The summed E-state index contributed by atoms with van der Waals surface area (Å²) in [6.45, 7) is 3.99. The SMILES string of the molecule is CCn1nnc2cc(C(=O)OCC(=O)Nc3cc(C)c(Cl)cc3OC)ccc21. The van der Waals surface area contributed by atoms with Gasteiger partial charge in [-0.3, -0.25) is 4.79 Å². The van der Waals surface area contributed by atoms with Crippen molar-refractivity contribution in [1.82, 2.24) is 15.0 Å². The summed E-state index contributed by atoms with van der Waals surface area (Å²) >= 11 is 6.05. The number of methoxy groups -OCH3 is 1. The van der Waals surface area contributed by atoms with Crippen LogP contribution in [0.4, 0.5) is 5.69 Å². The summed E-state index contributed by atoms with van der Waals surface area (Å²) in [7, 11) is 1.47. The van der Waals surface area contributed by atoms with E-state index in [0.717, 1.165) is 11.1 Å². The number of aromatic nitrogens is 3. The lowest BCUT2D eigenvalue weighted by atomic mass is 10.2. The Morgan fingerprint density at radius 3 is 2.75 bits per heavy atom. The third-order valence-electron chi connectivity index (χ3n) is 4.14. The molecule has 1 amide bonds. The molecular formula is C19H19ClN4O4. The molecule has 0 saturated carbocycles. The first-order valence-electron chi connectivity index (χ1n) is 8.57. The van der Waals surface area contributed by atoms with E-state index >= 15 is 0 Å². The molecule has 0 unspecified atom stereocenters. The van der Waals surface area contributed by atoms with Gasteiger partial charge < -0.3 is 14.8 Å². The molecule has 146 valence electrons. The van der Waals surface area contributed by atoms with Crippen LogP contribution in [0.1, 0.15) is 22.8 Å². The number of carbonyl (C=O) groups excluding carboxylic acids is 2. The molecule has 0 bridgehead atoms. The molecule has 0 fully saturated rings. The van der Waals surface area contributed by atoms with Gasteiger partial charge in [0.1, 0.15) is 11.3 Å². The molecule has 0 radical (unpaired) electrons. The van der Waals surface area contributed by atoms with E-state index in [2.05, 4.69) is 15.6 Å². The number of amides is 1. The Balaban J connectivity index is 1.64. The maximum Gasteiger partial charge on any atom is 0.338 e. The lowest BCUT2D eigenvalue weighted by Crippen LogP contribution is -2.21. The van der Waals surface area contributed by atoms with Crippen LogP contribution in [0.5, 0.6) is 5.75 Å². The van der Waals surface area contributed by atoms with Gasteiger partial charge in [0, 0.05) is 17.6 Å². The molecule has 2 aromatic carbocycles. The number of esters is 1. The van der Waals surface area contributed by atoms with Crippen LogP contribution in [0, 0.1) is 6.92 Å². The third-order valence-corrected chi connectivity index (χ3v) is 4.55. The van der Waals surface area contributed by atoms with Crippen LogP contribution in [-0.4, -0.2) is 40.6 Å². The second kappa shape index (κ2) is 8.26. The van der Waals surface area contributed by atoms with Crippen molar-refractivity contribution in [2.45, 2.75) is 20.4 Å². The first-order valence-corrected chi connectivity index (χ1v) is 8.95. The number of anilines is 1. The summed E-state index contributed by atoms with van der Waals surface area (Å²) in [6, 6.07) is 8.24. The molecule has 1 N–H and O–H groups in total. The van der Waals surface area contributed by atoms with Gasteiger partial charge in [-0.15, -0.1) is 5.10 Å². The van der Waals surface area contributed by atoms with Crippen LogP contribution < -0.4 is 10.1 Å². The van der Waals surface area contributed by atoms with Crippen molar-refractivity contribution in [3.8, 4) is 5.75 Å². The second-order valence-electron chi connectivity index (χ2n) is 6.03. The first-order chi connectivity index (χ1) is 13.4. The van der Waals surface area contributed by atoms with Crippen LogP contribution in [0.15, 0.2) is 30.3 Å². The van der Waals surface area contributed by atoms with Gasteiger partial charge in [-0.05, 0) is 43.7 Å². The Morgan fingerprint density at radius 2 is 2.04 bits per heavy atom. The predicted octanol–water partition coefficient (Wildman–Crippen LogP) is 3.22. The number of halogens is 1. The Kier molecular flexibility index (Phi) is 5.79. The Bertz CT molecular complexity index is 1050. The van der Waals surface area contributed by atoms with Crippen molar-refractivity contribution >= 4 is 40.2 Å². The number of hydrogen-bond acceptors (Lipinski definition) is 6. The molecule has 3 aromatic rings. The summed E-state index contributed by atoms with van der Waals surface area (Å²) in [5, 5.41) is 11.2. The molecule has 0 atom stereocenters. The van der Waals surface area contributed by atoms with Gasteiger partial charge in [0.15, 0.2) is 6.61 Å². The third kappa shape index (κ3) is 4.07. The number of nitrogens with zero attached hydrogens (tertiary/aromatic N) is 3. The predicted molar refractivity (Wildman–Crippen MR) is 105 cm³/mol. The van der Waals surface area contributed by atoms with Crippen molar-refractivity contribution in [2.75, 3.05) is 19.0 Å². The second-order valence-corrected chi connectivity index (χ2v) is 6.44. The highest BCUT2D eigenvalue weighted by Gasteiger charge is 2.15. The Hall–Kier alpha value is -3.13. The van der Waals surface area contributed by atoms with Crippen molar-refractivity contribution in [3.63, 3.8) is 0 Å². The lowest BCUT2D eigenvalue weighted by molar-refractivity contribution is -0.119. The summed E-state index contributed by atoms with van der Waals surface area (Å²) in [6.07, 6.45) is 0. The summed E-state index contributed by atoms with van der Waals surface area (Å²) in [5.74, 6) is -0.700. The number of benzene rings is 2. The molecule has 1 heterocycles. The fourth-order valence-corrected chi connectivity index (χ4v) is 2.82. The van der Waals surface area contributed by atoms with E-state index in [1.165, 1.54) is 7.11 Å². The normalized spacial score (nSPS) is 10.7. The number of hydrogen-bond donors (Lipinski definition) is 1. The highest BCUT2D eigenvalue weighted by Crippen LogP contribution is 2.30. The molecular weight excluding hydrogens is 384 g/mol. The minimum absolute atomic E-state index is 0.295. The highest BCUT2D eigenvalue weighted by atomic mass is 35.5.